The molecule has 1 aromatic heterocycles. The van der Waals surface area contributed by atoms with Crippen molar-refractivity contribution in [3.05, 3.63) is 14.7 Å². The van der Waals surface area contributed by atoms with Gasteiger partial charge in [-0.15, -0.1) is 11.3 Å². The Morgan fingerprint density at radius 3 is 2.38 bits per heavy atom. The van der Waals surface area contributed by atoms with Crippen molar-refractivity contribution in [3.63, 3.8) is 0 Å². The van der Waals surface area contributed by atoms with Gasteiger partial charge < -0.3 is 14.4 Å². The maximum atomic E-state index is 13.7. The number of hydrogen-bond acceptors (Lipinski definition) is 5. The molecular weight excluding hydrogens is 454 g/mol. The molecule has 2 aliphatic rings. The summed E-state index contributed by atoms with van der Waals surface area (Å²) in [7, 11) is 1.39. The quantitative estimate of drug-likeness (QED) is 0.477. The van der Waals surface area contributed by atoms with Crippen LogP contribution in [0.25, 0.3) is 0 Å². The Balaban J connectivity index is 1.88. The fourth-order valence-electron chi connectivity index (χ4n) is 4.68. The fourth-order valence-corrected chi connectivity index (χ4v) is 6.17. The third-order valence-electron chi connectivity index (χ3n) is 6.33. The monoisotopic (exact) mass is 485 g/mol. The van der Waals surface area contributed by atoms with Gasteiger partial charge in [-0.25, -0.2) is 4.79 Å². The molecule has 0 atom stereocenters. The summed E-state index contributed by atoms with van der Waals surface area (Å²) in [6, 6.07) is 2.01. The molecule has 0 aromatic carbocycles. The lowest BCUT2D eigenvalue weighted by atomic mass is 9.81. The van der Waals surface area contributed by atoms with E-state index in [9.17, 15) is 9.59 Å². The number of methoxy groups -OCH3 is 1. The van der Waals surface area contributed by atoms with Gasteiger partial charge in [-0.1, -0.05) is 6.92 Å². The number of carbonyl (C=O) groups is 2. The largest absolute Gasteiger partial charge is 0.465 e. The van der Waals surface area contributed by atoms with Crippen molar-refractivity contribution >= 4 is 44.8 Å². The van der Waals surface area contributed by atoms with Crippen LogP contribution in [0.5, 0.6) is 0 Å². The first-order valence-corrected chi connectivity index (χ1v) is 12.4. The third kappa shape index (κ3) is 5.42. The predicted molar refractivity (Wildman–Crippen MR) is 120 cm³/mol. The van der Waals surface area contributed by atoms with Gasteiger partial charge in [-0.3, -0.25) is 4.79 Å². The average molecular weight is 486 g/mol. The Kier molecular flexibility index (Phi) is 8.16. The van der Waals surface area contributed by atoms with Crippen LogP contribution in [0.15, 0.2) is 9.85 Å². The van der Waals surface area contributed by atoms with Crippen molar-refractivity contribution in [1.29, 1.82) is 0 Å². The van der Waals surface area contributed by atoms with Crippen LogP contribution in [0.4, 0.5) is 5.69 Å². The molecule has 1 heterocycles. The topological polar surface area (TPSA) is 55.8 Å². The molecule has 2 fully saturated rings. The number of thiophene rings is 1. The molecule has 5 nitrogen and oxygen atoms in total. The lowest BCUT2D eigenvalue weighted by Crippen LogP contribution is -2.47. The van der Waals surface area contributed by atoms with E-state index in [0.717, 1.165) is 61.8 Å². The second-order valence-corrected chi connectivity index (χ2v) is 10.7. The maximum Gasteiger partial charge on any atom is 0.350 e. The van der Waals surface area contributed by atoms with E-state index in [1.54, 1.807) is 0 Å². The minimum absolute atomic E-state index is 0.0417. The standard InChI is InChI=1S/C22H32BrNO4S/c1-4-28-17-11-9-16(10-12-17)24(21(25)15-7-5-14(2)6-8-15)18-13-19(23)29-20(18)22(26)27-3/h13-17H,4-12H2,1-3H3. The van der Waals surface area contributed by atoms with Gasteiger partial charge in [0.2, 0.25) is 5.91 Å². The van der Waals surface area contributed by atoms with Crippen LogP contribution < -0.4 is 4.90 Å². The van der Waals surface area contributed by atoms with Crippen LogP contribution in [-0.4, -0.2) is 37.7 Å². The van der Waals surface area contributed by atoms with E-state index < -0.39 is 0 Å². The zero-order chi connectivity index (χ0) is 21.0. The van der Waals surface area contributed by atoms with Crippen LogP contribution in [-0.2, 0) is 14.3 Å². The number of halogens is 1. The smallest absolute Gasteiger partial charge is 0.350 e. The Morgan fingerprint density at radius 1 is 1.14 bits per heavy atom. The molecule has 0 unspecified atom stereocenters. The van der Waals surface area contributed by atoms with Crippen LogP contribution in [0.3, 0.4) is 0 Å². The highest BCUT2D eigenvalue weighted by atomic mass is 79.9. The number of esters is 1. The fraction of sp³-hybridized carbons (Fsp3) is 0.727. The number of carbonyl (C=O) groups excluding carboxylic acids is 2. The van der Waals surface area contributed by atoms with Gasteiger partial charge >= 0.3 is 5.97 Å². The third-order valence-corrected chi connectivity index (χ3v) is 7.93. The number of anilines is 1. The summed E-state index contributed by atoms with van der Waals surface area (Å²) >= 11 is 4.84. The van der Waals surface area contributed by atoms with Gasteiger partial charge in [0.15, 0.2) is 0 Å². The molecule has 0 bridgehead atoms. The molecule has 2 aliphatic carbocycles. The zero-order valence-corrected chi connectivity index (χ0v) is 20.0. The van der Waals surface area contributed by atoms with E-state index in [-0.39, 0.29) is 29.9 Å². The van der Waals surface area contributed by atoms with Crippen molar-refractivity contribution in [2.45, 2.75) is 77.4 Å². The summed E-state index contributed by atoms with van der Waals surface area (Å²) in [5, 5.41) is 0. The highest BCUT2D eigenvalue weighted by Crippen LogP contribution is 2.40. The number of rotatable bonds is 6. The van der Waals surface area contributed by atoms with E-state index in [1.807, 2.05) is 17.9 Å². The minimum atomic E-state index is -0.381. The normalized spacial score (nSPS) is 27.4. The number of ether oxygens (including phenoxy) is 2. The molecule has 2 saturated carbocycles. The summed E-state index contributed by atoms with van der Waals surface area (Å²) in [5.41, 5.74) is 0.706. The molecule has 162 valence electrons. The van der Waals surface area contributed by atoms with E-state index in [1.165, 1.54) is 18.4 Å². The minimum Gasteiger partial charge on any atom is -0.465 e. The first kappa shape index (κ1) is 22.8. The first-order chi connectivity index (χ1) is 13.9. The molecule has 0 aliphatic heterocycles. The van der Waals surface area contributed by atoms with Gasteiger partial charge in [0.25, 0.3) is 0 Å². The Labute approximate surface area is 186 Å². The molecule has 7 heteroatoms. The highest BCUT2D eigenvalue weighted by molar-refractivity contribution is 9.11. The lowest BCUT2D eigenvalue weighted by molar-refractivity contribution is -0.124. The SMILES string of the molecule is CCOC1CCC(N(C(=O)C2CCC(C)CC2)c2cc(Br)sc2C(=O)OC)CC1. The van der Waals surface area contributed by atoms with Crippen LogP contribution in [0.2, 0.25) is 0 Å². The highest BCUT2D eigenvalue weighted by Gasteiger charge is 2.37. The molecule has 0 N–H and O–H groups in total. The second kappa shape index (κ2) is 10.4. The number of amides is 1. The summed E-state index contributed by atoms with van der Waals surface area (Å²) in [6.07, 6.45) is 8.02. The van der Waals surface area contributed by atoms with Crippen molar-refractivity contribution in [2.24, 2.45) is 11.8 Å². The summed E-state index contributed by atoms with van der Waals surface area (Å²) < 4.78 is 11.7. The van der Waals surface area contributed by atoms with E-state index >= 15 is 0 Å². The molecule has 0 spiro atoms. The van der Waals surface area contributed by atoms with Gasteiger partial charge in [-0.2, -0.15) is 0 Å². The summed E-state index contributed by atoms with van der Waals surface area (Å²) in [5.74, 6) is 0.524. The molecule has 1 aromatic rings. The van der Waals surface area contributed by atoms with Crippen molar-refractivity contribution in [1.82, 2.24) is 0 Å². The summed E-state index contributed by atoms with van der Waals surface area (Å²) in [4.78, 5) is 28.6. The summed E-state index contributed by atoms with van der Waals surface area (Å²) in [6.45, 7) is 5.01. The van der Waals surface area contributed by atoms with Crippen molar-refractivity contribution < 1.29 is 19.1 Å². The zero-order valence-electron chi connectivity index (χ0n) is 17.6. The van der Waals surface area contributed by atoms with Crippen LogP contribution >= 0.6 is 27.3 Å². The van der Waals surface area contributed by atoms with E-state index in [4.69, 9.17) is 9.47 Å². The molecule has 29 heavy (non-hydrogen) atoms. The van der Waals surface area contributed by atoms with Crippen molar-refractivity contribution in [3.8, 4) is 0 Å². The van der Waals surface area contributed by atoms with Crippen LogP contribution in [0.1, 0.15) is 74.9 Å². The van der Waals surface area contributed by atoms with Gasteiger partial charge in [0, 0.05) is 18.6 Å². The molecule has 3 rings (SSSR count). The number of hydrogen-bond donors (Lipinski definition) is 0. The van der Waals surface area contributed by atoms with E-state index in [0.29, 0.717) is 16.5 Å². The molecular formula is C22H32BrNO4S. The predicted octanol–water partition coefficient (Wildman–Crippen LogP) is 5.80. The molecule has 0 radical (unpaired) electrons. The second-order valence-electron chi connectivity index (χ2n) is 8.31. The maximum absolute atomic E-state index is 13.7. The molecule has 0 saturated heterocycles. The van der Waals surface area contributed by atoms with Crippen molar-refractivity contribution in [2.75, 3.05) is 18.6 Å². The first-order valence-electron chi connectivity index (χ1n) is 10.8. The Bertz CT molecular complexity index is 706. The van der Waals surface area contributed by atoms with Gasteiger partial charge in [-0.05, 0) is 86.2 Å². The Morgan fingerprint density at radius 2 is 1.79 bits per heavy atom. The molecule has 1 amide bonds. The number of nitrogens with zero attached hydrogens (tertiary/aromatic N) is 1. The van der Waals surface area contributed by atoms with Gasteiger partial charge in [0.1, 0.15) is 4.88 Å². The average Bonchev–Trinajstić information content (AvgIpc) is 3.10. The Hall–Kier alpha value is -0.920. The van der Waals surface area contributed by atoms with Crippen LogP contribution in [0, 0.1) is 11.8 Å². The van der Waals surface area contributed by atoms with E-state index in [2.05, 4.69) is 22.9 Å². The van der Waals surface area contributed by atoms with Gasteiger partial charge in [0.05, 0.1) is 22.7 Å². The lowest BCUT2D eigenvalue weighted by Gasteiger charge is -2.39.